The number of hydrogen-bond donors (Lipinski definition) is 2. The summed E-state index contributed by atoms with van der Waals surface area (Å²) in [6.07, 6.45) is 0. The molecule has 0 saturated carbocycles. The van der Waals surface area contributed by atoms with Gasteiger partial charge in [-0.05, 0) is 44.4 Å². The lowest BCUT2D eigenvalue weighted by Crippen LogP contribution is -2.28. The Labute approximate surface area is 132 Å². The van der Waals surface area contributed by atoms with Crippen molar-refractivity contribution in [2.45, 2.75) is 34.2 Å². The van der Waals surface area contributed by atoms with Crippen LogP contribution in [0.15, 0.2) is 36.4 Å². The van der Waals surface area contributed by atoms with Gasteiger partial charge in [-0.15, -0.1) is 0 Å². The molecule has 0 heterocycles. The van der Waals surface area contributed by atoms with Crippen LogP contribution in [0.3, 0.4) is 0 Å². The number of nitrogens with one attached hydrogen (secondary N) is 2. The van der Waals surface area contributed by atoms with E-state index in [1.54, 1.807) is 0 Å². The maximum absolute atomic E-state index is 12.1. The molecule has 3 heteroatoms. The molecule has 0 unspecified atom stereocenters. The van der Waals surface area contributed by atoms with Gasteiger partial charge in [-0.2, -0.15) is 0 Å². The topological polar surface area (TPSA) is 41.1 Å². The molecule has 0 aliphatic rings. The highest BCUT2D eigenvalue weighted by Crippen LogP contribution is 2.21. The van der Waals surface area contributed by atoms with Gasteiger partial charge in [-0.25, -0.2) is 0 Å². The van der Waals surface area contributed by atoms with E-state index < -0.39 is 0 Å². The molecule has 2 aromatic carbocycles. The highest BCUT2D eigenvalue weighted by atomic mass is 16.1. The van der Waals surface area contributed by atoms with E-state index in [0.717, 1.165) is 16.8 Å². The zero-order valence-electron chi connectivity index (χ0n) is 13.8. The third-order valence-corrected chi connectivity index (χ3v) is 3.64. The molecule has 2 N–H and O–H groups in total. The van der Waals surface area contributed by atoms with Crippen molar-refractivity contribution in [2.75, 3.05) is 11.9 Å². The first-order valence-electron chi connectivity index (χ1n) is 7.59. The highest BCUT2D eigenvalue weighted by molar-refractivity contribution is 5.93. The van der Waals surface area contributed by atoms with Crippen molar-refractivity contribution in [1.29, 1.82) is 0 Å². The third-order valence-electron chi connectivity index (χ3n) is 3.64. The number of hydrogen-bond acceptors (Lipinski definition) is 2. The Morgan fingerprint density at radius 1 is 0.955 bits per heavy atom. The molecule has 0 aromatic heterocycles. The summed E-state index contributed by atoms with van der Waals surface area (Å²) in [4.78, 5) is 12.1. The highest BCUT2D eigenvalue weighted by Gasteiger charge is 2.08. The summed E-state index contributed by atoms with van der Waals surface area (Å²) in [5.74, 6) is -0.0114. The molecule has 0 fully saturated rings. The first-order valence-corrected chi connectivity index (χ1v) is 7.59. The normalized spacial score (nSPS) is 10.5. The van der Waals surface area contributed by atoms with Crippen LogP contribution < -0.4 is 10.6 Å². The fourth-order valence-corrected chi connectivity index (χ4v) is 2.70. The summed E-state index contributed by atoms with van der Waals surface area (Å²) in [5, 5.41) is 6.19. The lowest BCUT2D eigenvalue weighted by Gasteiger charge is -2.13. The predicted octanol–water partition coefficient (Wildman–Crippen LogP) is 3.65. The SMILES string of the molecule is Cc1cccc(CNCC(=O)Nc2c(C)cc(C)cc2C)c1. The van der Waals surface area contributed by atoms with E-state index >= 15 is 0 Å². The van der Waals surface area contributed by atoms with Crippen LogP contribution in [0.25, 0.3) is 0 Å². The van der Waals surface area contributed by atoms with Crippen LogP contribution in [0.2, 0.25) is 0 Å². The number of carbonyl (C=O) groups excluding carboxylic acids is 1. The second kappa shape index (κ2) is 7.23. The first kappa shape index (κ1) is 16.2. The maximum Gasteiger partial charge on any atom is 0.238 e. The number of benzene rings is 2. The Morgan fingerprint density at radius 2 is 1.64 bits per heavy atom. The van der Waals surface area contributed by atoms with Gasteiger partial charge in [0.05, 0.1) is 6.54 Å². The average Bonchev–Trinajstić information content (AvgIpc) is 2.43. The minimum Gasteiger partial charge on any atom is -0.324 e. The standard InChI is InChI=1S/C19H24N2O/c1-13-6-5-7-17(10-13)11-20-12-18(22)21-19-15(3)8-14(2)9-16(19)4/h5-10,20H,11-12H2,1-4H3,(H,21,22). The molecule has 0 atom stereocenters. The lowest BCUT2D eigenvalue weighted by molar-refractivity contribution is -0.115. The zero-order valence-corrected chi connectivity index (χ0v) is 13.8. The Morgan fingerprint density at radius 3 is 2.27 bits per heavy atom. The lowest BCUT2D eigenvalue weighted by atomic mass is 10.1. The Kier molecular flexibility index (Phi) is 5.34. The second-order valence-corrected chi connectivity index (χ2v) is 5.91. The first-order chi connectivity index (χ1) is 10.5. The Balaban J connectivity index is 1.89. The fourth-order valence-electron chi connectivity index (χ4n) is 2.70. The molecule has 0 aliphatic carbocycles. The Hall–Kier alpha value is -2.13. The van der Waals surface area contributed by atoms with Gasteiger partial charge in [0.15, 0.2) is 0 Å². The summed E-state index contributed by atoms with van der Waals surface area (Å²) in [7, 11) is 0. The van der Waals surface area contributed by atoms with Crippen molar-refractivity contribution in [1.82, 2.24) is 5.32 Å². The van der Waals surface area contributed by atoms with Gasteiger partial charge in [0.2, 0.25) is 5.91 Å². The predicted molar refractivity (Wildman–Crippen MR) is 92.2 cm³/mol. The van der Waals surface area contributed by atoms with E-state index in [0.29, 0.717) is 13.1 Å². The van der Waals surface area contributed by atoms with Gasteiger partial charge in [-0.3, -0.25) is 4.79 Å². The number of anilines is 1. The second-order valence-electron chi connectivity index (χ2n) is 5.91. The minimum absolute atomic E-state index is 0.0114. The number of aryl methyl sites for hydroxylation is 4. The van der Waals surface area contributed by atoms with Gasteiger partial charge in [0, 0.05) is 12.2 Å². The molecule has 2 aromatic rings. The van der Waals surface area contributed by atoms with E-state index in [-0.39, 0.29) is 5.91 Å². The monoisotopic (exact) mass is 296 g/mol. The van der Waals surface area contributed by atoms with E-state index in [1.807, 2.05) is 19.9 Å². The van der Waals surface area contributed by atoms with Crippen molar-refractivity contribution in [3.05, 3.63) is 64.2 Å². The Bertz CT molecular complexity index is 654. The summed E-state index contributed by atoms with van der Waals surface area (Å²) in [6.45, 7) is 9.18. The van der Waals surface area contributed by atoms with Crippen molar-refractivity contribution in [3.63, 3.8) is 0 Å². The van der Waals surface area contributed by atoms with Crippen molar-refractivity contribution in [3.8, 4) is 0 Å². The van der Waals surface area contributed by atoms with Crippen LogP contribution in [0.1, 0.15) is 27.8 Å². The molecule has 0 spiro atoms. The van der Waals surface area contributed by atoms with Crippen LogP contribution in [-0.4, -0.2) is 12.5 Å². The van der Waals surface area contributed by atoms with Crippen molar-refractivity contribution in [2.24, 2.45) is 0 Å². The molecule has 0 saturated heterocycles. The average molecular weight is 296 g/mol. The summed E-state index contributed by atoms with van der Waals surface area (Å²) in [6, 6.07) is 12.5. The van der Waals surface area contributed by atoms with Crippen LogP contribution in [0.5, 0.6) is 0 Å². The molecule has 0 bridgehead atoms. The summed E-state index contributed by atoms with van der Waals surface area (Å²) in [5.41, 5.74) is 6.76. The van der Waals surface area contributed by atoms with Crippen LogP contribution in [0, 0.1) is 27.7 Å². The molecule has 3 nitrogen and oxygen atoms in total. The molecule has 116 valence electrons. The van der Waals surface area contributed by atoms with Crippen LogP contribution >= 0.6 is 0 Å². The fraction of sp³-hybridized carbons (Fsp3) is 0.316. The minimum atomic E-state index is -0.0114. The molecule has 22 heavy (non-hydrogen) atoms. The molecule has 0 aliphatic heterocycles. The van der Waals surface area contributed by atoms with Crippen LogP contribution in [-0.2, 0) is 11.3 Å². The van der Waals surface area contributed by atoms with E-state index in [2.05, 4.69) is 54.8 Å². The summed E-state index contributed by atoms with van der Waals surface area (Å²) < 4.78 is 0. The van der Waals surface area contributed by atoms with Gasteiger partial charge in [-0.1, -0.05) is 47.5 Å². The van der Waals surface area contributed by atoms with Gasteiger partial charge in [0.1, 0.15) is 0 Å². The van der Waals surface area contributed by atoms with Gasteiger partial charge >= 0.3 is 0 Å². The van der Waals surface area contributed by atoms with Crippen molar-refractivity contribution < 1.29 is 4.79 Å². The van der Waals surface area contributed by atoms with Gasteiger partial charge in [0.25, 0.3) is 0 Å². The van der Waals surface area contributed by atoms with E-state index in [4.69, 9.17) is 0 Å². The number of carbonyl (C=O) groups is 1. The smallest absolute Gasteiger partial charge is 0.238 e. The van der Waals surface area contributed by atoms with E-state index in [9.17, 15) is 4.79 Å². The molecule has 0 radical (unpaired) electrons. The van der Waals surface area contributed by atoms with Gasteiger partial charge < -0.3 is 10.6 Å². The summed E-state index contributed by atoms with van der Waals surface area (Å²) >= 11 is 0. The molecule has 1 amide bonds. The molecular weight excluding hydrogens is 272 g/mol. The molecular formula is C19H24N2O. The quantitative estimate of drug-likeness (QED) is 0.884. The number of amides is 1. The molecule has 2 rings (SSSR count). The van der Waals surface area contributed by atoms with Crippen molar-refractivity contribution >= 4 is 11.6 Å². The zero-order chi connectivity index (χ0) is 16.1. The van der Waals surface area contributed by atoms with E-state index in [1.165, 1.54) is 16.7 Å². The third kappa shape index (κ3) is 4.43. The largest absolute Gasteiger partial charge is 0.324 e. The maximum atomic E-state index is 12.1. The number of rotatable bonds is 5. The van der Waals surface area contributed by atoms with Crippen LogP contribution in [0.4, 0.5) is 5.69 Å².